The fourth-order valence-corrected chi connectivity index (χ4v) is 3.56. The van der Waals surface area contributed by atoms with Crippen molar-refractivity contribution in [2.45, 2.75) is 18.7 Å². The van der Waals surface area contributed by atoms with Crippen LogP contribution in [0.25, 0.3) is 0 Å². The van der Waals surface area contributed by atoms with Crippen LogP contribution in [0.2, 0.25) is 0 Å². The second-order valence-electron chi connectivity index (χ2n) is 5.54. The number of benzene rings is 2. The third kappa shape index (κ3) is 6.27. The van der Waals surface area contributed by atoms with Crippen LogP contribution in [-0.2, 0) is 23.4 Å². The molecule has 0 aliphatic carbocycles. The van der Waals surface area contributed by atoms with E-state index in [4.69, 9.17) is 15.2 Å². The first kappa shape index (κ1) is 21.3. The Morgan fingerprint density at radius 1 is 1.15 bits per heavy atom. The lowest BCUT2D eigenvalue weighted by atomic mass is 10.1. The molecule has 0 radical (unpaired) electrons. The molecule has 0 atom stereocenters. The van der Waals surface area contributed by atoms with Crippen LogP contribution in [0.3, 0.4) is 0 Å². The average molecular weight is 413 g/mol. The summed E-state index contributed by atoms with van der Waals surface area (Å²) in [4.78, 5) is 0.0945. The van der Waals surface area contributed by atoms with Crippen LogP contribution < -0.4 is 5.73 Å². The summed E-state index contributed by atoms with van der Waals surface area (Å²) in [6.07, 6.45) is 0. The van der Waals surface area contributed by atoms with Gasteiger partial charge >= 0.3 is 0 Å². The van der Waals surface area contributed by atoms with Gasteiger partial charge in [-0.05, 0) is 55.3 Å². The molecule has 0 unspecified atom stereocenters. The van der Waals surface area contributed by atoms with Crippen molar-refractivity contribution in [2.24, 2.45) is 10.2 Å². The van der Waals surface area contributed by atoms with Crippen molar-refractivity contribution in [1.82, 2.24) is 0 Å². The number of anilines is 1. The fourth-order valence-electron chi connectivity index (χ4n) is 2.11. The SMILES string of the molecule is Cc1cc(/N=N/c2cccc(S(=O)(=O)CCOSOOO)c2)c(C)cc1N. The van der Waals surface area contributed by atoms with Crippen LogP contribution in [0, 0.1) is 13.8 Å². The van der Waals surface area contributed by atoms with E-state index in [0.29, 0.717) is 29.4 Å². The molecule has 0 amide bonds. The minimum Gasteiger partial charge on any atom is -0.399 e. The summed E-state index contributed by atoms with van der Waals surface area (Å²) in [5.74, 6) is -0.286. The maximum Gasteiger partial charge on any atom is 0.197 e. The number of nitrogens with two attached hydrogens (primary N) is 1. The molecule has 9 nitrogen and oxygen atoms in total. The topological polar surface area (TPSA) is 133 Å². The van der Waals surface area contributed by atoms with Gasteiger partial charge in [0.25, 0.3) is 0 Å². The monoisotopic (exact) mass is 413 g/mol. The van der Waals surface area contributed by atoms with Crippen molar-refractivity contribution in [1.29, 1.82) is 0 Å². The molecule has 0 heterocycles. The number of rotatable bonds is 9. The Hall–Kier alpha value is -2.02. The molecule has 0 bridgehead atoms. The highest BCUT2D eigenvalue weighted by Gasteiger charge is 2.15. The van der Waals surface area contributed by atoms with Crippen molar-refractivity contribution < 1.29 is 27.2 Å². The van der Waals surface area contributed by atoms with Gasteiger partial charge in [-0.1, -0.05) is 11.1 Å². The van der Waals surface area contributed by atoms with E-state index in [2.05, 4.69) is 19.6 Å². The third-order valence-electron chi connectivity index (χ3n) is 3.58. The second-order valence-corrected chi connectivity index (χ2v) is 8.16. The van der Waals surface area contributed by atoms with Gasteiger partial charge in [0.2, 0.25) is 0 Å². The van der Waals surface area contributed by atoms with Gasteiger partial charge in [-0.15, -0.1) is 4.33 Å². The molecule has 0 aliphatic rings. The Morgan fingerprint density at radius 2 is 1.93 bits per heavy atom. The maximum absolute atomic E-state index is 12.3. The average Bonchev–Trinajstić information content (AvgIpc) is 2.63. The minimum atomic E-state index is -3.59. The lowest BCUT2D eigenvalue weighted by Crippen LogP contribution is -2.11. The van der Waals surface area contributed by atoms with Crippen LogP contribution in [0.4, 0.5) is 17.1 Å². The molecule has 0 saturated heterocycles. The Morgan fingerprint density at radius 3 is 2.67 bits per heavy atom. The van der Waals surface area contributed by atoms with Gasteiger partial charge in [0.05, 0.1) is 28.6 Å². The van der Waals surface area contributed by atoms with Gasteiger partial charge in [-0.3, -0.25) is 4.18 Å². The predicted molar refractivity (Wildman–Crippen MR) is 101 cm³/mol. The lowest BCUT2D eigenvalue weighted by molar-refractivity contribution is -0.434. The first-order chi connectivity index (χ1) is 12.8. The molecule has 2 rings (SSSR count). The number of nitrogen functional groups attached to an aromatic ring is 1. The van der Waals surface area contributed by atoms with Crippen LogP contribution in [0.15, 0.2) is 51.5 Å². The fraction of sp³-hybridized carbons (Fsp3) is 0.250. The quantitative estimate of drug-likeness (QED) is 0.157. The number of sulfone groups is 1. The summed E-state index contributed by atoms with van der Waals surface area (Å²) >= 11 is 0.322. The first-order valence-electron chi connectivity index (χ1n) is 7.71. The predicted octanol–water partition coefficient (Wildman–Crippen LogP) is 4.08. The third-order valence-corrected chi connectivity index (χ3v) is 5.63. The largest absolute Gasteiger partial charge is 0.399 e. The molecule has 0 saturated carbocycles. The first-order valence-corrected chi connectivity index (χ1v) is 10.0. The molecule has 0 fully saturated rings. The molecule has 2 aromatic carbocycles. The van der Waals surface area contributed by atoms with Crippen molar-refractivity contribution >= 4 is 39.2 Å². The van der Waals surface area contributed by atoms with Crippen molar-refractivity contribution in [2.75, 3.05) is 18.1 Å². The molecule has 0 spiro atoms. The summed E-state index contributed by atoms with van der Waals surface area (Å²) in [5, 5.41) is 19.6. The molecular weight excluding hydrogens is 394 g/mol. The van der Waals surface area contributed by atoms with Gasteiger partial charge in [0, 0.05) is 5.69 Å². The zero-order chi connectivity index (χ0) is 19.9. The number of nitrogens with zero attached hydrogens (tertiary/aromatic N) is 2. The number of azo groups is 1. The summed E-state index contributed by atoms with van der Waals surface area (Å²) in [7, 11) is -3.59. The van der Waals surface area contributed by atoms with Crippen LogP contribution >= 0.6 is 12.3 Å². The van der Waals surface area contributed by atoms with Crippen molar-refractivity contribution in [3.05, 3.63) is 47.5 Å². The zero-order valence-corrected chi connectivity index (χ0v) is 16.3. The molecule has 0 aliphatic heterocycles. The smallest absolute Gasteiger partial charge is 0.197 e. The van der Waals surface area contributed by atoms with E-state index in [0.717, 1.165) is 11.1 Å². The van der Waals surface area contributed by atoms with Crippen LogP contribution in [0.1, 0.15) is 11.1 Å². The molecule has 3 N–H and O–H groups in total. The van der Waals surface area contributed by atoms with Gasteiger partial charge in [-0.25, -0.2) is 13.7 Å². The van der Waals surface area contributed by atoms with E-state index >= 15 is 0 Å². The highest BCUT2D eigenvalue weighted by Crippen LogP contribution is 2.27. The molecular formula is C16H19N3O6S2. The Kier molecular flexibility index (Phi) is 7.71. The van der Waals surface area contributed by atoms with Crippen LogP contribution in [-0.4, -0.2) is 26.0 Å². The zero-order valence-electron chi connectivity index (χ0n) is 14.7. The summed E-state index contributed by atoms with van der Waals surface area (Å²) < 4.78 is 33.4. The normalized spacial score (nSPS) is 12.0. The van der Waals surface area contributed by atoms with Gasteiger partial charge in [-0.2, -0.15) is 10.2 Å². The van der Waals surface area contributed by atoms with E-state index in [1.165, 1.54) is 12.1 Å². The highest BCUT2D eigenvalue weighted by molar-refractivity contribution is 7.91. The maximum atomic E-state index is 12.3. The summed E-state index contributed by atoms with van der Waals surface area (Å²) in [5.41, 5.74) is 9.35. The number of hydrogen-bond acceptors (Lipinski definition) is 10. The van der Waals surface area contributed by atoms with Crippen molar-refractivity contribution in [3.8, 4) is 0 Å². The molecule has 146 valence electrons. The minimum absolute atomic E-state index is 0.0945. The Labute approximate surface area is 161 Å². The van der Waals surface area contributed by atoms with Gasteiger partial charge in [0.15, 0.2) is 22.2 Å². The standard InChI is InChI=1S/C16H19N3O6S2/c1-11-9-16(12(2)8-15(11)17)19-18-13-4-3-5-14(10-13)27(21,22)7-6-23-26-25-24-20/h3-5,8-10,20H,6-7,17H2,1-2H3/b19-18+. The molecule has 11 heteroatoms. The van der Waals surface area contributed by atoms with E-state index in [1.807, 2.05) is 26.0 Å². The number of aryl methyl sites for hydroxylation is 2. The highest BCUT2D eigenvalue weighted by atomic mass is 32.2. The van der Waals surface area contributed by atoms with Gasteiger partial charge < -0.3 is 5.73 Å². The van der Waals surface area contributed by atoms with E-state index in [-0.39, 0.29) is 17.3 Å². The number of hydrogen-bond donors (Lipinski definition) is 2. The Bertz CT molecular complexity index is 918. The Balaban J connectivity index is 2.12. The molecule has 2 aromatic rings. The van der Waals surface area contributed by atoms with E-state index in [9.17, 15) is 8.42 Å². The summed E-state index contributed by atoms with van der Waals surface area (Å²) in [6, 6.07) is 9.77. The molecule has 0 aromatic heterocycles. The lowest BCUT2D eigenvalue weighted by Gasteiger charge is -2.06. The molecule has 27 heavy (non-hydrogen) atoms. The van der Waals surface area contributed by atoms with E-state index < -0.39 is 9.84 Å². The summed E-state index contributed by atoms with van der Waals surface area (Å²) in [6.45, 7) is 3.58. The second kappa shape index (κ2) is 9.78. The van der Waals surface area contributed by atoms with Crippen molar-refractivity contribution in [3.63, 3.8) is 0 Å². The van der Waals surface area contributed by atoms with Crippen LogP contribution in [0.5, 0.6) is 0 Å². The van der Waals surface area contributed by atoms with Gasteiger partial charge in [0.1, 0.15) is 0 Å². The van der Waals surface area contributed by atoms with E-state index in [1.54, 1.807) is 12.1 Å².